The van der Waals surface area contributed by atoms with Crippen LogP contribution in [0, 0.1) is 23.3 Å². The average Bonchev–Trinajstić information content (AvgIpc) is 3.36. The van der Waals surface area contributed by atoms with Crippen LogP contribution in [0.2, 0.25) is 10.0 Å². The number of nitrogens with two attached hydrogens (primary N) is 2. The van der Waals surface area contributed by atoms with Gasteiger partial charge in [0.15, 0.2) is 34.8 Å². The van der Waals surface area contributed by atoms with Gasteiger partial charge in [0.1, 0.15) is 36.8 Å². The van der Waals surface area contributed by atoms with Crippen LogP contribution in [0.15, 0.2) is 82.6 Å². The lowest BCUT2D eigenvalue weighted by Crippen LogP contribution is -2.60. The van der Waals surface area contributed by atoms with E-state index >= 15 is 0 Å². The summed E-state index contributed by atoms with van der Waals surface area (Å²) in [7, 11) is -6.48. The molecular formula is C42H44Cl2F4N6O16S2. The minimum Gasteiger partial charge on any atom is -0.451 e. The molecule has 0 unspecified atom stereocenters. The van der Waals surface area contributed by atoms with Crippen LogP contribution in [-0.4, -0.2) is 151 Å². The topological polar surface area (TPSA) is 275 Å². The van der Waals surface area contributed by atoms with Gasteiger partial charge in [-0.15, -0.1) is 0 Å². The van der Waals surface area contributed by atoms with Crippen LogP contribution in [-0.2, 0) is 58.3 Å². The first kappa shape index (κ1) is 56.8. The van der Waals surface area contributed by atoms with Crippen LogP contribution >= 0.6 is 23.2 Å². The number of carbonyl (C=O) groups is 4. The molecule has 0 saturated carbocycles. The number of rotatable bonds is 16. The summed E-state index contributed by atoms with van der Waals surface area (Å²) in [5, 5.41) is 0.747. The van der Waals surface area contributed by atoms with Crippen LogP contribution in [0.4, 0.5) is 27.2 Å². The predicted octanol–water partition coefficient (Wildman–Crippen LogP) is 4.57. The summed E-state index contributed by atoms with van der Waals surface area (Å²) in [5.74, 6) is 0.772. The summed E-state index contributed by atoms with van der Waals surface area (Å²) in [6.07, 6.45) is -1.64. The highest BCUT2D eigenvalue weighted by atomic mass is 35.5. The molecule has 2 fully saturated rings. The zero-order chi connectivity index (χ0) is 52.9. The van der Waals surface area contributed by atoms with Crippen molar-refractivity contribution in [2.45, 2.75) is 21.9 Å². The first-order chi connectivity index (χ1) is 34.2. The van der Waals surface area contributed by atoms with Crippen LogP contribution in [0.25, 0.3) is 0 Å². The fourth-order valence-corrected chi connectivity index (χ4v) is 10.1. The molecule has 22 nitrogen and oxygen atoms in total. The molecule has 2 amide bonds. The third kappa shape index (κ3) is 14.1. The van der Waals surface area contributed by atoms with Gasteiger partial charge in [-0.1, -0.05) is 23.2 Å². The van der Waals surface area contributed by atoms with Crippen molar-refractivity contribution in [3.8, 4) is 23.0 Å². The van der Waals surface area contributed by atoms with Gasteiger partial charge in [-0.25, -0.2) is 53.6 Å². The Balaban J connectivity index is 0.000000267. The summed E-state index contributed by atoms with van der Waals surface area (Å²) in [6, 6.07) is 10.3. The number of methoxy groups -OCH3 is 2. The lowest BCUT2D eigenvalue weighted by molar-refractivity contribution is -0.151. The van der Waals surface area contributed by atoms with Crippen molar-refractivity contribution in [2.24, 2.45) is 11.8 Å². The first-order valence-corrected chi connectivity index (χ1v) is 24.3. The average molecular weight is 1100 g/mol. The Morgan fingerprint density at radius 2 is 0.875 bits per heavy atom. The fourth-order valence-electron chi connectivity index (χ4n) is 6.67. The maximum absolute atomic E-state index is 14.7. The third-order valence-corrected chi connectivity index (χ3v) is 14.5. The molecule has 0 spiro atoms. The van der Waals surface area contributed by atoms with E-state index in [-0.39, 0.29) is 51.0 Å². The normalized spacial score (nSPS) is 16.5. The minimum atomic E-state index is -4.65. The van der Waals surface area contributed by atoms with Gasteiger partial charge in [0.2, 0.25) is 20.0 Å². The number of nitrogens with zero attached hydrogens (tertiary/aromatic N) is 4. The highest BCUT2D eigenvalue weighted by Crippen LogP contribution is 2.34. The van der Waals surface area contributed by atoms with Gasteiger partial charge >= 0.3 is 24.1 Å². The quantitative estimate of drug-likeness (QED) is 0.0883. The van der Waals surface area contributed by atoms with E-state index < -0.39 is 127 Å². The zero-order valence-corrected chi connectivity index (χ0v) is 40.9. The van der Waals surface area contributed by atoms with Crippen molar-refractivity contribution in [1.29, 1.82) is 0 Å². The van der Waals surface area contributed by atoms with E-state index in [1.807, 2.05) is 0 Å². The summed E-state index contributed by atoms with van der Waals surface area (Å²) in [5.41, 5.74) is 0. The Morgan fingerprint density at radius 1 is 0.556 bits per heavy atom. The van der Waals surface area contributed by atoms with Crippen LogP contribution in [0.3, 0.4) is 0 Å². The van der Waals surface area contributed by atoms with Gasteiger partial charge in [0, 0.05) is 50.4 Å². The summed E-state index contributed by atoms with van der Waals surface area (Å²) >= 11 is 11.5. The number of piperazine rings is 2. The monoisotopic (exact) mass is 1100 g/mol. The number of halogens is 6. The third-order valence-electron chi connectivity index (χ3n) is 10.2. The van der Waals surface area contributed by atoms with Gasteiger partial charge in [-0.3, -0.25) is 0 Å². The molecule has 30 heteroatoms. The maximum Gasteiger partial charge on any atom is 0.409 e. The lowest BCUT2D eigenvalue weighted by atomic mass is 10.2. The molecule has 6 rings (SSSR count). The van der Waals surface area contributed by atoms with Crippen molar-refractivity contribution in [1.82, 2.24) is 18.4 Å². The molecule has 2 aliphatic rings. The van der Waals surface area contributed by atoms with E-state index in [0.29, 0.717) is 42.9 Å². The van der Waals surface area contributed by atoms with E-state index in [2.05, 4.69) is 9.68 Å². The standard InChI is InChI=1S/2C21H22ClF2N3O8S/c2*1-32-8-9-33-21(29)26-6-7-27(18(12-26)20(28)35-25)36(30,31)15-10-16(23)19(17(24)11-15)34-14-4-2-13(22)3-5-14/h2*2-5,10-11,18H,6-9,12,25H2,1H3/t2*18-/m11/s1. The van der Waals surface area contributed by atoms with Crippen molar-refractivity contribution in [3.05, 3.63) is 106 Å². The largest absolute Gasteiger partial charge is 0.451 e. The van der Waals surface area contributed by atoms with Gasteiger partial charge in [0.05, 0.1) is 36.1 Å². The Hall–Kier alpha value is -6.08. The molecule has 0 bridgehead atoms. The fraction of sp³-hybridized carbons (Fsp3) is 0.333. The van der Waals surface area contributed by atoms with Crippen molar-refractivity contribution >= 4 is 67.4 Å². The molecule has 2 heterocycles. The molecule has 72 heavy (non-hydrogen) atoms. The van der Waals surface area contributed by atoms with Crippen LogP contribution < -0.4 is 21.3 Å². The lowest BCUT2D eigenvalue weighted by Gasteiger charge is -2.38. The molecule has 2 atom stereocenters. The number of carbonyl (C=O) groups excluding carboxylic acids is 4. The molecule has 0 aliphatic carbocycles. The first-order valence-electron chi connectivity index (χ1n) is 20.7. The van der Waals surface area contributed by atoms with E-state index in [4.69, 9.17) is 63.4 Å². The summed E-state index contributed by atoms with van der Waals surface area (Å²) in [4.78, 5) is 58.0. The Kier molecular flexibility index (Phi) is 20.2. The second kappa shape index (κ2) is 25.5. The molecule has 2 aliphatic heterocycles. The Bertz CT molecular complexity index is 2580. The van der Waals surface area contributed by atoms with Crippen LogP contribution in [0.1, 0.15) is 0 Å². The smallest absolute Gasteiger partial charge is 0.409 e. The summed E-state index contributed by atoms with van der Waals surface area (Å²) < 4.78 is 143. The number of hydrogen-bond acceptors (Lipinski definition) is 18. The van der Waals surface area contributed by atoms with Crippen LogP contribution in [0.5, 0.6) is 23.0 Å². The molecule has 4 aromatic rings. The second-order valence-electron chi connectivity index (χ2n) is 14.8. The minimum absolute atomic E-state index is 0.0621. The highest BCUT2D eigenvalue weighted by Gasteiger charge is 2.45. The highest BCUT2D eigenvalue weighted by molar-refractivity contribution is 7.89. The predicted molar refractivity (Wildman–Crippen MR) is 241 cm³/mol. The number of benzene rings is 4. The summed E-state index contributed by atoms with van der Waals surface area (Å²) in [6.45, 7) is -1.99. The molecule has 0 aromatic heterocycles. The second-order valence-corrected chi connectivity index (χ2v) is 19.4. The molecule has 2 saturated heterocycles. The number of amides is 2. The maximum atomic E-state index is 14.7. The van der Waals surface area contributed by atoms with Crippen molar-refractivity contribution in [2.75, 3.05) is 79.9 Å². The number of ether oxygens (including phenoxy) is 6. The van der Waals surface area contributed by atoms with Gasteiger partial charge < -0.3 is 47.9 Å². The molecule has 4 aromatic carbocycles. The SMILES string of the molecule is COCCOC(=O)N1CCN(S(=O)(=O)c2cc(F)c(Oc3ccc(Cl)cc3)c(F)c2)[C@@H](C(=O)ON)C1.COCCOC(=O)N1CCN(S(=O)(=O)c2cc(F)c(Oc3ccc(Cl)cc3)c(F)c2)[C@@H](C(=O)ON)C1. The van der Waals surface area contributed by atoms with E-state index in [9.17, 15) is 53.6 Å². The Morgan fingerprint density at radius 3 is 1.17 bits per heavy atom. The van der Waals surface area contributed by atoms with Crippen molar-refractivity contribution in [3.63, 3.8) is 0 Å². The van der Waals surface area contributed by atoms with E-state index in [1.54, 1.807) is 0 Å². The van der Waals surface area contributed by atoms with Gasteiger partial charge in [-0.2, -0.15) is 20.4 Å². The molecule has 0 radical (unpaired) electrons. The van der Waals surface area contributed by atoms with E-state index in [1.165, 1.54) is 62.8 Å². The van der Waals surface area contributed by atoms with Gasteiger partial charge in [0.25, 0.3) is 0 Å². The molecule has 4 N–H and O–H groups in total. The number of hydrogen-bond donors (Lipinski definition) is 2. The van der Waals surface area contributed by atoms with Gasteiger partial charge in [-0.05, 0) is 72.8 Å². The number of sulfonamides is 2. The zero-order valence-electron chi connectivity index (χ0n) is 37.7. The van der Waals surface area contributed by atoms with Crippen molar-refractivity contribution < 1.29 is 91.7 Å². The molecular weight excluding hydrogens is 1060 g/mol. The molecule has 392 valence electrons. The van der Waals surface area contributed by atoms with E-state index in [0.717, 1.165) is 9.80 Å². The Labute approximate surface area is 418 Å².